The van der Waals surface area contributed by atoms with Gasteiger partial charge in [0.2, 0.25) is 0 Å². The van der Waals surface area contributed by atoms with E-state index in [1.807, 2.05) is 18.2 Å². The average Bonchev–Trinajstić information content (AvgIpc) is 2.25. The first kappa shape index (κ1) is 13.5. The van der Waals surface area contributed by atoms with Crippen LogP contribution in [0.5, 0.6) is 0 Å². The van der Waals surface area contributed by atoms with Gasteiger partial charge in [-0.05, 0) is 29.6 Å². The molecule has 1 nitrogen and oxygen atoms in total. The summed E-state index contributed by atoms with van der Waals surface area (Å²) in [4.78, 5) is 0. The van der Waals surface area contributed by atoms with Gasteiger partial charge in [-0.2, -0.15) is 0 Å². The summed E-state index contributed by atoms with van der Waals surface area (Å²) >= 11 is 0. The molecule has 1 N–H and O–H groups in total. The summed E-state index contributed by atoms with van der Waals surface area (Å²) < 4.78 is 0. The fourth-order valence-corrected chi connectivity index (χ4v) is 1.63. The van der Waals surface area contributed by atoms with Crippen molar-refractivity contribution in [2.24, 2.45) is 11.8 Å². The molecule has 1 aliphatic rings. The molecular weight excluding hydrogens is 206 g/mol. The Balaban J connectivity index is 2.89. The van der Waals surface area contributed by atoms with Gasteiger partial charge in [0.25, 0.3) is 0 Å². The van der Waals surface area contributed by atoms with E-state index in [1.54, 1.807) is 0 Å². The zero-order valence-electron chi connectivity index (χ0n) is 11.2. The maximum Gasteiger partial charge on any atom is 0.0621 e. The first-order valence-corrected chi connectivity index (χ1v) is 6.18. The maximum atomic E-state index is 7.93. The monoisotopic (exact) mass is 227 g/mol. The summed E-state index contributed by atoms with van der Waals surface area (Å²) in [6, 6.07) is 0. The van der Waals surface area contributed by atoms with Gasteiger partial charge in [0.15, 0.2) is 0 Å². The Labute approximate surface area is 105 Å². The van der Waals surface area contributed by atoms with Gasteiger partial charge < -0.3 is 5.41 Å². The minimum Gasteiger partial charge on any atom is -0.300 e. The molecule has 0 fully saturated rings. The molecule has 0 aromatic carbocycles. The molecular formula is C16H21N. The molecule has 0 atom stereocenters. The van der Waals surface area contributed by atoms with Gasteiger partial charge in [-0.1, -0.05) is 51.7 Å². The second kappa shape index (κ2) is 6.25. The third-order valence-corrected chi connectivity index (χ3v) is 2.59. The molecule has 1 rings (SSSR count). The Morgan fingerprint density at radius 1 is 1.29 bits per heavy atom. The van der Waals surface area contributed by atoms with Crippen molar-refractivity contribution >= 4 is 5.71 Å². The molecule has 0 aliphatic heterocycles. The normalized spacial score (nSPS) is 17.4. The van der Waals surface area contributed by atoms with Crippen molar-refractivity contribution < 1.29 is 0 Å². The molecule has 0 saturated heterocycles. The number of hydrogen-bond donors (Lipinski definition) is 1. The molecule has 0 radical (unpaired) electrons. The Bertz CT molecular complexity index is 434. The van der Waals surface area contributed by atoms with Crippen molar-refractivity contribution in [1.82, 2.24) is 0 Å². The van der Waals surface area contributed by atoms with Gasteiger partial charge in [0.05, 0.1) is 5.71 Å². The zero-order valence-corrected chi connectivity index (χ0v) is 11.2. The summed E-state index contributed by atoms with van der Waals surface area (Å²) in [6.07, 6.45) is 8.64. The molecule has 0 unspecified atom stereocenters. The van der Waals surface area contributed by atoms with E-state index < -0.39 is 0 Å². The highest BCUT2D eigenvalue weighted by Crippen LogP contribution is 2.23. The fourth-order valence-electron chi connectivity index (χ4n) is 1.63. The smallest absolute Gasteiger partial charge is 0.0621 e. The quantitative estimate of drug-likeness (QED) is 0.686. The van der Waals surface area contributed by atoms with Gasteiger partial charge >= 0.3 is 0 Å². The standard InChI is InChI=1S/C16H21N/c1-12(2)8-5-6-9-15-14(13(3)4)10-7-11-16(15)17/h7,9-13,17H,8H2,1-4H3/b15-9-,17-16?. The summed E-state index contributed by atoms with van der Waals surface area (Å²) in [6.45, 7) is 8.61. The Morgan fingerprint density at radius 3 is 2.59 bits per heavy atom. The molecule has 17 heavy (non-hydrogen) atoms. The van der Waals surface area contributed by atoms with E-state index in [0.717, 1.165) is 12.0 Å². The second-order valence-corrected chi connectivity index (χ2v) is 5.03. The molecule has 1 heteroatoms. The summed E-state index contributed by atoms with van der Waals surface area (Å²) in [5.74, 6) is 7.24. The molecule has 0 saturated carbocycles. The Hall–Kier alpha value is -1.55. The van der Waals surface area contributed by atoms with Crippen LogP contribution in [0.25, 0.3) is 0 Å². The second-order valence-electron chi connectivity index (χ2n) is 5.03. The van der Waals surface area contributed by atoms with E-state index >= 15 is 0 Å². The van der Waals surface area contributed by atoms with Crippen LogP contribution in [-0.2, 0) is 0 Å². The van der Waals surface area contributed by atoms with Gasteiger partial charge in [-0.25, -0.2) is 0 Å². The van der Waals surface area contributed by atoms with Gasteiger partial charge in [0, 0.05) is 12.0 Å². The molecule has 0 aromatic heterocycles. The third kappa shape index (κ3) is 4.07. The topological polar surface area (TPSA) is 23.9 Å². The van der Waals surface area contributed by atoms with Crippen LogP contribution in [0.1, 0.15) is 34.1 Å². The molecule has 1 aliphatic carbocycles. The van der Waals surface area contributed by atoms with E-state index in [2.05, 4.69) is 45.6 Å². The van der Waals surface area contributed by atoms with Crippen LogP contribution in [0.3, 0.4) is 0 Å². The Morgan fingerprint density at radius 2 is 2.00 bits per heavy atom. The minimum atomic E-state index is 0.429. The summed E-state index contributed by atoms with van der Waals surface area (Å²) in [7, 11) is 0. The van der Waals surface area contributed by atoms with Gasteiger partial charge in [0.1, 0.15) is 0 Å². The van der Waals surface area contributed by atoms with Crippen molar-refractivity contribution in [3.05, 3.63) is 35.5 Å². The van der Waals surface area contributed by atoms with Crippen LogP contribution in [0.4, 0.5) is 0 Å². The lowest BCUT2D eigenvalue weighted by Gasteiger charge is -2.16. The predicted molar refractivity (Wildman–Crippen MR) is 75.1 cm³/mol. The van der Waals surface area contributed by atoms with Crippen LogP contribution in [0, 0.1) is 29.1 Å². The van der Waals surface area contributed by atoms with Gasteiger partial charge in [-0.3, -0.25) is 0 Å². The largest absolute Gasteiger partial charge is 0.300 e. The average molecular weight is 227 g/mol. The van der Waals surface area contributed by atoms with E-state index in [1.165, 1.54) is 5.57 Å². The molecule has 0 aromatic rings. The van der Waals surface area contributed by atoms with Crippen molar-refractivity contribution in [2.75, 3.05) is 0 Å². The summed E-state index contributed by atoms with van der Waals surface area (Å²) in [5, 5.41) is 7.93. The number of allylic oxidation sites excluding steroid dienone is 6. The lowest BCUT2D eigenvalue weighted by atomic mass is 9.88. The zero-order chi connectivity index (χ0) is 12.8. The van der Waals surface area contributed by atoms with Crippen LogP contribution < -0.4 is 0 Å². The fraction of sp³-hybridized carbons (Fsp3) is 0.438. The lowest BCUT2D eigenvalue weighted by Crippen LogP contribution is -2.08. The SMILES string of the molecule is CC(C)CC#C/C=C1\C(=N)C=CC=C1C(C)C. The van der Waals surface area contributed by atoms with Crippen molar-refractivity contribution in [2.45, 2.75) is 34.1 Å². The van der Waals surface area contributed by atoms with Crippen LogP contribution in [-0.4, -0.2) is 5.71 Å². The maximum absolute atomic E-state index is 7.93. The van der Waals surface area contributed by atoms with Crippen LogP contribution in [0.2, 0.25) is 0 Å². The summed E-state index contributed by atoms with van der Waals surface area (Å²) in [5.41, 5.74) is 2.74. The number of nitrogens with one attached hydrogen (secondary N) is 1. The molecule has 0 amide bonds. The van der Waals surface area contributed by atoms with E-state index in [-0.39, 0.29) is 0 Å². The van der Waals surface area contributed by atoms with E-state index in [9.17, 15) is 0 Å². The number of rotatable bonds is 2. The van der Waals surface area contributed by atoms with Crippen LogP contribution >= 0.6 is 0 Å². The lowest BCUT2D eigenvalue weighted by molar-refractivity contribution is 0.676. The first-order chi connectivity index (χ1) is 8.02. The van der Waals surface area contributed by atoms with E-state index in [0.29, 0.717) is 17.5 Å². The molecule has 0 bridgehead atoms. The van der Waals surface area contributed by atoms with Crippen molar-refractivity contribution in [1.29, 1.82) is 5.41 Å². The van der Waals surface area contributed by atoms with Gasteiger partial charge in [-0.15, -0.1) is 0 Å². The molecule has 0 heterocycles. The van der Waals surface area contributed by atoms with E-state index in [4.69, 9.17) is 5.41 Å². The highest BCUT2D eigenvalue weighted by atomic mass is 14.4. The minimum absolute atomic E-state index is 0.429. The Kier molecular flexibility index (Phi) is 4.97. The molecule has 90 valence electrons. The number of hydrogen-bond acceptors (Lipinski definition) is 1. The first-order valence-electron chi connectivity index (χ1n) is 6.18. The van der Waals surface area contributed by atoms with Crippen molar-refractivity contribution in [3.8, 4) is 11.8 Å². The van der Waals surface area contributed by atoms with Crippen LogP contribution in [0.15, 0.2) is 35.5 Å². The highest BCUT2D eigenvalue weighted by Gasteiger charge is 2.14. The van der Waals surface area contributed by atoms with Crippen molar-refractivity contribution in [3.63, 3.8) is 0 Å². The highest BCUT2D eigenvalue weighted by molar-refractivity contribution is 6.11. The third-order valence-electron chi connectivity index (χ3n) is 2.59. The predicted octanol–water partition coefficient (Wildman–Crippen LogP) is 4.13. The molecule has 0 spiro atoms.